The van der Waals surface area contributed by atoms with Crippen molar-refractivity contribution in [3.63, 3.8) is 0 Å². The average Bonchev–Trinajstić information content (AvgIpc) is 2.46. The van der Waals surface area contributed by atoms with Gasteiger partial charge in [0.2, 0.25) is 0 Å². The molecule has 1 heterocycles. The van der Waals surface area contributed by atoms with Crippen molar-refractivity contribution in [1.29, 1.82) is 0 Å². The van der Waals surface area contributed by atoms with Crippen LogP contribution in [0.1, 0.15) is 26.3 Å². The number of pyridine rings is 1. The molecule has 3 N–H and O–H groups in total. The normalized spacial score (nSPS) is 10.9. The lowest BCUT2D eigenvalue weighted by Gasteiger charge is -2.19. The van der Waals surface area contributed by atoms with Crippen molar-refractivity contribution in [3.05, 3.63) is 48.2 Å². The van der Waals surface area contributed by atoms with Crippen LogP contribution in [0.25, 0.3) is 0 Å². The van der Waals surface area contributed by atoms with Gasteiger partial charge in [0, 0.05) is 12.1 Å². The number of ether oxygens (including phenoxy) is 1. The number of nitrogens with one attached hydrogen (secondary N) is 2. The summed E-state index contributed by atoms with van der Waals surface area (Å²) >= 11 is 0. The molecule has 0 saturated heterocycles. The maximum atomic E-state index is 11.6. The summed E-state index contributed by atoms with van der Waals surface area (Å²) in [6, 6.07) is 10.6. The summed E-state index contributed by atoms with van der Waals surface area (Å²) in [6.07, 6.45) is 1.06. The fraction of sp³-hybridized carbons (Fsp3) is 0.294. The molecule has 0 spiro atoms. The molecule has 0 bridgehead atoms. The highest BCUT2D eigenvalue weighted by Gasteiger charge is 2.16. The Hall–Kier alpha value is -2.76. The first-order valence-corrected chi connectivity index (χ1v) is 7.30. The van der Waals surface area contributed by atoms with Gasteiger partial charge in [-0.3, -0.25) is 5.32 Å². The topological polar surface area (TPSA) is 83.5 Å². The Bertz CT molecular complexity index is 664. The fourth-order valence-corrected chi connectivity index (χ4v) is 1.84. The van der Waals surface area contributed by atoms with Crippen LogP contribution in [0.15, 0.2) is 42.6 Å². The lowest BCUT2D eigenvalue weighted by Crippen LogP contribution is -2.27. The molecule has 23 heavy (non-hydrogen) atoms. The lowest BCUT2D eigenvalue weighted by molar-refractivity contribution is 0.0635. The second-order valence-electron chi connectivity index (χ2n) is 6.04. The Morgan fingerprint density at radius 3 is 2.57 bits per heavy atom. The van der Waals surface area contributed by atoms with Gasteiger partial charge in [0.05, 0.1) is 11.9 Å². The summed E-state index contributed by atoms with van der Waals surface area (Å²) in [4.78, 5) is 15.8. The predicted octanol–water partition coefficient (Wildman–Crippen LogP) is 3.75. The zero-order valence-corrected chi connectivity index (χ0v) is 13.5. The van der Waals surface area contributed by atoms with Gasteiger partial charge in [-0.25, -0.2) is 9.78 Å². The molecule has 2 rings (SSSR count). The van der Waals surface area contributed by atoms with Crippen LogP contribution in [0.5, 0.6) is 5.75 Å². The molecular weight excluding hydrogens is 294 g/mol. The molecule has 0 fully saturated rings. The number of phenolic OH excluding ortho intramolecular Hbond substituents is 1. The number of aromatic nitrogens is 1. The van der Waals surface area contributed by atoms with E-state index in [1.807, 2.05) is 12.1 Å². The minimum Gasteiger partial charge on any atom is -0.508 e. The second-order valence-corrected chi connectivity index (χ2v) is 6.04. The highest BCUT2D eigenvalue weighted by molar-refractivity contribution is 5.83. The van der Waals surface area contributed by atoms with Gasteiger partial charge in [0.25, 0.3) is 0 Å². The van der Waals surface area contributed by atoms with E-state index >= 15 is 0 Å². The molecule has 1 amide bonds. The molecule has 0 aliphatic heterocycles. The lowest BCUT2D eigenvalue weighted by atomic mass is 10.2. The number of amides is 1. The number of carbonyl (C=O) groups excluding carboxylic acids is 1. The molecule has 122 valence electrons. The minimum absolute atomic E-state index is 0.246. The van der Waals surface area contributed by atoms with E-state index in [9.17, 15) is 9.90 Å². The SMILES string of the molecule is CC(C)(C)OC(=O)Nc1ccc(NCc2ccccc2O)cn1. The smallest absolute Gasteiger partial charge is 0.413 e. The van der Waals surface area contributed by atoms with Crippen LogP contribution >= 0.6 is 0 Å². The largest absolute Gasteiger partial charge is 0.508 e. The van der Waals surface area contributed by atoms with E-state index in [4.69, 9.17) is 4.74 Å². The highest BCUT2D eigenvalue weighted by Crippen LogP contribution is 2.18. The summed E-state index contributed by atoms with van der Waals surface area (Å²) < 4.78 is 5.16. The Morgan fingerprint density at radius 2 is 1.96 bits per heavy atom. The van der Waals surface area contributed by atoms with Crippen molar-refractivity contribution in [1.82, 2.24) is 4.98 Å². The molecule has 1 aromatic carbocycles. The maximum absolute atomic E-state index is 11.6. The van der Waals surface area contributed by atoms with E-state index in [2.05, 4.69) is 15.6 Å². The number of aromatic hydroxyl groups is 1. The van der Waals surface area contributed by atoms with E-state index in [-0.39, 0.29) is 5.75 Å². The molecule has 2 aromatic rings. The molecular formula is C17H21N3O3. The number of anilines is 2. The number of benzene rings is 1. The molecule has 0 aliphatic rings. The Labute approximate surface area is 135 Å². The Balaban J connectivity index is 1.90. The van der Waals surface area contributed by atoms with E-state index in [1.54, 1.807) is 51.2 Å². The van der Waals surface area contributed by atoms with Gasteiger partial charge >= 0.3 is 6.09 Å². The van der Waals surface area contributed by atoms with Gasteiger partial charge in [0.1, 0.15) is 17.2 Å². The van der Waals surface area contributed by atoms with E-state index in [1.165, 1.54) is 0 Å². The number of phenols is 1. The number of hydrogen-bond acceptors (Lipinski definition) is 5. The van der Waals surface area contributed by atoms with Crippen molar-refractivity contribution in [2.45, 2.75) is 32.9 Å². The molecule has 6 heteroatoms. The first-order valence-electron chi connectivity index (χ1n) is 7.30. The van der Waals surface area contributed by atoms with Gasteiger partial charge in [-0.1, -0.05) is 18.2 Å². The van der Waals surface area contributed by atoms with Gasteiger partial charge < -0.3 is 15.2 Å². The number of rotatable bonds is 4. The van der Waals surface area contributed by atoms with Crippen LogP contribution in [0.2, 0.25) is 0 Å². The first kappa shape index (κ1) is 16.6. The summed E-state index contributed by atoms with van der Waals surface area (Å²) in [7, 11) is 0. The molecule has 0 saturated carbocycles. The van der Waals surface area contributed by atoms with Crippen LogP contribution in [-0.4, -0.2) is 21.8 Å². The quantitative estimate of drug-likeness (QED) is 0.800. The summed E-state index contributed by atoms with van der Waals surface area (Å²) in [5.74, 6) is 0.656. The zero-order chi connectivity index (χ0) is 16.9. The van der Waals surface area contributed by atoms with E-state index in [0.29, 0.717) is 12.4 Å². The van der Waals surface area contributed by atoms with Crippen molar-refractivity contribution in [3.8, 4) is 5.75 Å². The molecule has 1 aromatic heterocycles. The molecule has 0 unspecified atom stereocenters. The van der Waals surface area contributed by atoms with Crippen LogP contribution in [0, 0.1) is 0 Å². The van der Waals surface area contributed by atoms with Gasteiger partial charge in [0.15, 0.2) is 0 Å². The first-order chi connectivity index (χ1) is 10.8. The van der Waals surface area contributed by atoms with Crippen LogP contribution < -0.4 is 10.6 Å². The Kier molecular flexibility index (Phi) is 5.05. The predicted molar refractivity (Wildman–Crippen MR) is 89.5 cm³/mol. The van der Waals surface area contributed by atoms with Gasteiger partial charge in [-0.2, -0.15) is 0 Å². The molecule has 0 atom stereocenters. The van der Waals surface area contributed by atoms with Crippen molar-refractivity contribution < 1.29 is 14.6 Å². The third-order valence-electron chi connectivity index (χ3n) is 2.87. The molecule has 6 nitrogen and oxygen atoms in total. The summed E-state index contributed by atoms with van der Waals surface area (Å²) in [5, 5.41) is 15.4. The second kappa shape index (κ2) is 7.00. The van der Waals surface area contributed by atoms with Crippen molar-refractivity contribution in [2.75, 3.05) is 10.6 Å². The standard InChI is InChI=1S/C17H21N3O3/c1-17(2,3)23-16(22)20-15-9-8-13(11-19-15)18-10-12-6-4-5-7-14(12)21/h4-9,11,18,21H,10H2,1-3H3,(H,19,20,22). The van der Waals surface area contributed by atoms with Crippen molar-refractivity contribution in [2.24, 2.45) is 0 Å². The third kappa shape index (κ3) is 5.50. The zero-order valence-electron chi connectivity index (χ0n) is 13.5. The number of hydrogen-bond donors (Lipinski definition) is 3. The minimum atomic E-state index is -0.552. The maximum Gasteiger partial charge on any atom is 0.413 e. The monoisotopic (exact) mass is 315 g/mol. The third-order valence-corrected chi connectivity index (χ3v) is 2.87. The number of nitrogens with zero attached hydrogens (tertiary/aromatic N) is 1. The average molecular weight is 315 g/mol. The summed E-state index contributed by atoms with van der Waals surface area (Å²) in [5.41, 5.74) is 1.02. The van der Waals surface area contributed by atoms with E-state index < -0.39 is 11.7 Å². The van der Waals surface area contributed by atoms with E-state index in [0.717, 1.165) is 11.3 Å². The van der Waals surface area contributed by atoms with Crippen molar-refractivity contribution >= 4 is 17.6 Å². The van der Waals surface area contributed by atoms with Crippen LogP contribution in [0.4, 0.5) is 16.3 Å². The van der Waals surface area contributed by atoms with Crippen LogP contribution in [-0.2, 0) is 11.3 Å². The number of carbonyl (C=O) groups is 1. The van der Waals surface area contributed by atoms with Crippen LogP contribution in [0.3, 0.4) is 0 Å². The van der Waals surface area contributed by atoms with Gasteiger partial charge in [-0.15, -0.1) is 0 Å². The van der Waals surface area contributed by atoms with Gasteiger partial charge in [-0.05, 0) is 39.0 Å². The molecule has 0 aliphatic carbocycles. The molecule has 0 radical (unpaired) electrons. The Morgan fingerprint density at radius 1 is 1.22 bits per heavy atom. The number of para-hydroxylation sites is 1. The fourth-order valence-electron chi connectivity index (χ4n) is 1.84. The highest BCUT2D eigenvalue weighted by atomic mass is 16.6. The summed E-state index contributed by atoms with van der Waals surface area (Å²) in [6.45, 7) is 5.87.